The predicted octanol–water partition coefficient (Wildman–Crippen LogP) is 4.80. The van der Waals surface area contributed by atoms with Gasteiger partial charge in [-0.25, -0.2) is 9.97 Å². The van der Waals surface area contributed by atoms with Crippen LogP contribution in [0.15, 0.2) is 46.9 Å². The summed E-state index contributed by atoms with van der Waals surface area (Å²) in [5, 5.41) is 1.06. The topological polar surface area (TPSA) is 35.0 Å². The van der Waals surface area contributed by atoms with Crippen LogP contribution in [-0.4, -0.2) is 9.97 Å². The Balaban J connectivity index is 2.05. The summed E-state index contributed by atoms with van der Waals surface area (Å²) in [6.07, 6.45) is 0. The summed E-state index contributed by atoms with van der Waals surface area (Å²) in [5.74, 6) is 1.29. The predicted molar refractivity (Wildman–Crippen MR) is 83.2 cm³/mol. The van der Waals surface area contributed by atoms with Gasteiger partial charge in [-0.1, -0.05) is 18.2 Å². The van der Waals surface area contributed by atoms with E-state index in [1.54, 1.807) is 0 Å². The molecule has 0 fully saturated rings. The van der Waals surface area contributed by atoms with Gasteiger partial charge in [-0.2, -0.15) is 0 Å². The van der Waals surface area contributed by atoms with Crippen LogP contribution in [-0.2, 0) is 0 Å². The number of benzene rings is 1. The van der Waals surface area contributed by atoms with Crippen LogP contribution < -0.4 is 4.74 Å². The van der Waals surface area contributed by atoms with E-state index in [-0.39, 0.29) is 0 Å². The van der Waals surface area contributed by atoms with Crippen LogP contribution in [0.5, 0.6) is 11.6 Å². The van der Waals surface area contributed by atoms with Gasteiger partial charge in [0.2, 0.25) is 5.88 Å². The lowest BCUT2D eigenvalue weighted by molar-refractivity contribution is 0.465. The van der Waals surface area contributed by atoms with E-state index in [2.05, 4.69) is 25.9 Å². The van der Waals surface area contributed by atoms with E-state index >= 15 is 0 Å². The first-order chi connectivity index (χ1) is 9.63. The molecule has 0 aliphatic carbocycles. The second kappa shape index (κ2) is 5.21. The fourth-order valence-corrected chi connectivity index (χ4v) is 2.21. The molecule has 0 bridgehead atoms. The number of hydrogen-bond acceptors (Lipinski definition) is 3. The van der Waals surface area contributed by atoms with Crippen molar-refractivity contribution in [2.45, 2.75) is 13.8 Å². The van der Waals surface area contributed by atoms with Gasteiger partial charge in [-0.15, -0.1) is 0 Å². The lowest BCUT2D eigenvalue weighted by Gasteiger charge is -2.09. The Morgan fingerprint density at radius 2 is 1.80 bits per heavy atom. The molecule has 0 saturated carbocycles. The van der Waals surface area contributed by atoms with Gasteiger partial charge < -0.3 is 4.74 Å². The summed E-state index contributed by atoms with van der Waals surface area (Å²) in [4.78, 5) is 8.95. The van der Waals surface area contributed by atoms with Gasteiger partial charge in [0.25, 0.3) is 0 Å². The Labute approximate surface area is 125 Å². The summed E-state index contributed by atoms with van der Waals surface area (Å²) < 4.78 is 6.86. The number of nitrogens with zero attached hydrogens (tertiary/aromatic N) is 2. The van der Waals surface area contributed by atoms with Gasteiger partial charge in [-0.05, 0) is 48.0 Å². The molecule has 100 valence electrons. The Morgan fingerprint density at radius 3 is 2.60 bits per heavy atom. The quantitative estimate of drug-likeness (QED) is 0.677. The first-order valence-electron chi connectivity index (χ1n) is 6.31. The minimum Gasteiger partial charge on any atom is -0.437 e. The molecule has 3 rings (SSSR count). The molecule has 2 heterocycles. The number of aryl methyl sites for hydroxylation is 2. The maximum atomic E-state index is 5.89. The molecule has 0 saturated heterocycles. The van der Waals surface area contributed by atoms with Crippen molar-refractivity contribution in [1.82, 2.24) is 9.97 Å². The van der Waals surface area contributed by atoms with Crippen LogP contribution in [0.2, 0.25) is 0 Å². The second-order valence-corrected chi connectivity index (χ2v) is 5.45. The third-order valence-corrected chi connectivity index (χ3v) is 3.87. The molecule has 1 aromatic carbocycles. The van der Waals surface area contributed by atoms with Crippen LogP contribution in [0, 0.1) is 13.8 Å². The molecule has 0 radical (unpaired) electrons. The highest BCUT2D eigenvalue weighted by atomic mass is 79.9. The van der Waals surface area contributed by atoms with Crippen molar-refractivity contribution >= 4 is 26.8 Å². The summed E-state index contributed by atoms with van der Waals surface area (Å²) in [6, 6.07) is 13.7. The Kier molecular flexibility index (Phi) is 3.40. The molecule has 3 aromatic rings. The Morgan fingerprint density at radius 1 is 0.950 bits per heavy atom. The highest BCUT2D eigenvalue weighted by molar-refractivity contribution is 9.10. The number of aromatic nitrogens is 2. The van der Waals surface area contributed by atoms with Crippen molar-refractivity contribution in [3.05, 3.63) is 58.3 Å². The minimum absolute atomic E-state index is 0.571. The van der Waals surface area contributed by atoms with E-state index in [1.807, 2.05) is 56.3 Å². The number of hydrogen-bond donors (Lipinski definition) is 0. The fraction of sp³-hybridized carbons (Fsp3) is 0.125. The van der Waals surface area contributed by atoms with Gasteiger partial charge in [0, 0.05) is 21.6 Å². The standard InChI is InChI=1S/C16H13BrN2O/c1-10-6-7-12-4-3-5-14(16(12)18-10)20-15-9-8-13(17)11(2)19-15/h3-9H,1-2H3. The van der Waals surface area contributed by atoms with Gasteiger partial charge in [0.05, 0.1) is 5.69 Å². The maximum Gasteiger partial charge on any atom is 0.219 e. The number of para-hydroxylation sites is 1. The molecule has 0 amide bonds. The summed E-state index contributed by atoms with van der Waals surface area (Å²) in [6.45, 7) is 3.90. The number of pyridine rings is 2. The molecular weight excluding hydrogens is 316 g/mol. The number of ether oxygens (including phenoxy) is 1. The average Bonchev–Trinajstić information content (AvgIpc) is 2.44. The van der Waals surface area contributed by atoms with Crippen molar-refractivity contribution in [1.29, 1.82) is 0 Å². The average molecular weight is 329 g/mol. The van der Waals surface area contributed by atoms with Gasteiger partial charge in [0.15, 0.2) is 5.75 Å². The van der Waals surface area contributed by atoms with Gasteiger partial charge in [-0.3, -0.25) is 0 Å². The zero-order valence-electron chi connectivity index (χ0n) is 11.2. The van der Waals surface area contributed by atoms with Gasteiger partial charge >= 0.3 is 0 Å². The molecule has 4 heteroatoms. The van der Waals surface area contributed by atoms with E-state index in [1.165, 1.54) is 0 Å². The number of fused-ring (bicyclic) bond motifs is 1. The summed E-state index contributed by atoms with van der Waals surface area (Å²) >= 11 is 3.43. The van der Waals surface area contributed by atoms with Crippen molar-refractivity contribution in [2.75, 3.05) is 0 Å². The van der Waals surface area contributed by atoms with Crippen LogP contribution >= 0.6 is 15.9 Å². The molecule has 0 spiro atoms. The SMILES string of the molecule is Cc1ccc2cccc(Oc3ccc(Br)c(C)n3)c2n1. The zero-order valence-corrected chi connectivity index (χ0v) is 12.8. The molecule has 0 unspecified atom stereocenters. The Hall–Kier alpha value is -1.94. The van der Waals surface area contributed by atoms with E-state index in [9.17, 15) is 0 Å². The maximum absolute atomic E-state index is 5.89. The third-order valence-electron chi connectivity index (χ3n) is 3.03. The smallest absolute Gasteiger partial charge is 0.219 e. The monoisotopic (exact) mass is 328 g/mol. The first kappa shape index (κ1) is 13.1. The number of halogens is 1. The van der Waals surface area contributed by atoms with Crippen LogP contribution in [0.1, 0.15) is 11.4 Å². The molecule has 0 aliphatic rings. The highest BCUT2D eigenvalue weighted by Gasteiger charge is 2.07. The van der Waals surface area contributed by atoms with Crippen LogP contribution in [0.25, 0.3) is 10.9 Å². The van der Waals surface area contributed by atoms with Crippen molar-refractivity contribution in [2.24, 2.45) is 0 Å². The lowest BCUT2D eigenvalue weighted by atomic mass is 10.2. The normalized spacial score (nSPS) is 10.8. The van der Waals surface area contributed by atoms with E-state index < -0.39 is 0 Å². The largest absolute Gasteiger partial charge is 0.437 e. The van der Waals surface area contributed by atoms with Crippen molar-refractivity contribution in [3.8, 4) is 11.6 Å². The minimum atomic E-state index is 0.571. The van der Waals surface area contributed by atoms with Crippen molar-refractivity contribution in [3.63, 3.8) is 0 Å². The number of rotatable bonds is 2. The fourth-order valence-electron chi connectivity index (χ4n) is 1.99. The molecule has 3 nitrogen and oxygen atoms in total. The highest BCUT2D eigenvalue weighted by Crippen LogP contribution is 2.28. The summed E-state index contributed by atoms with van der Waals surface area (Å²) in [7, 11) is 0. The zero-order chi connectivity index (χ0) is 14.1. The second-order valence-electron chi connectivity index (χ2n) is 4.60. The lowest BCUT2D eigenvalue weighted by Crippen LogP contribution is -1.93. The third kappa shape index (κ3) is 2.51. The molecule has 20 heavy (non-hydrogen) atoms. The summed E-state index contributed by atoms with van der Waals surface area (Å²) in [5.41, 5.74) is 2.72. The van der Waals surface area contributed by atoms with Crippen LogP contribution in [0.4, 0.5) is 0 Å². The Bertz CT molecular complexity index is 787. The van der Waals surface area contributed by atoms with E-state index in [0.717, 1.165) is 32.5 Å². The van der Waals surface area contributed by atoms with Gasteiger partial charge in [0.1, 0.15) is 5.52 Å². The molecule has 0 atom stereocenters. The molecule has 0 aliphatic heterocycles. The van der Waals surface area contributed by atoms with E-state index in [0.29, 0.717) is 5.88 Å². The molecular formula is C16H13BrN2O. The molecule has 0 N–H and O–H groups in total. The van der Waals surface area contributed by atoms with Crippen molar-refractivity contribution < 1.29 is 4.74 Å². The van der Waals surface area contributed by atoms with E-state index in [4.69, 9.17) is 4.74 Å². The molecule has 2 aromatic heterocycles. The van der Waals surface area contributed by atoms with Crippen LogP contribution in [0.3, 0.4) is 0 Å². The first-order valence-corrected chi connectivity index (χ1v) is 7.10.